The maximum Gasteiger partial charge on any atom is 0.256 e. The normalized spacial score (nSPS) is 17.1. The van der Waals surface area contributed by atoms with E-state index in [1.807, 2.05) is 109 Å². The molecule has 0 bridgehead atoms. The van der Waals surface area contributed by atoms with E-state index in [4.69, 9.17) is 0 Å². The molecule has 0 aliphatic carbocycles. The van der Waals surface area contributed by atoms with Crippen molar-refractivity contribution in [2.45, 2.75) is 37.6 Å². The number of amides is 3. The molecule has 1 fully saturated rings. The Hall–Kier alpha value is -4.95. The van der Waals surface area contributed by atoms with Crippen molar-refractivity contribution in [3.05, 3.63) is 120 Å². The van der Waals surface area contributed by atoms with E-state index in [1.54, 1.807) is 18.1 Å². The molecule has 44 heavy (non-hydrogen) atoms. The van der Waals surface area contributed by atoms with Gasteiger partial charge in [0.2, 0.25) is 11.8 Å². The summed E-state index contributed by atoms with van der Waals surface area (Å²) in [5, 5.41) is 16.8. The molecule has 1 saturated heterocycles. The molecule has 0 radical (unpaired) electrons. The fourth-order valence-electron chi connectivity index (χ4n) is 6.25. The lowest BCUT2D eigenvalue weighted by Gasteiger charge is -2.29. The van der Waals surface area contributed by atoms with Crippen LogP contribution in [0.15, 0.2) is 103 Å². The number of hydrogen-bond donors (Lipinski definition) is 2. The first-order chi connectivity index (χ1) is 21.3. The summed E-state index contributed by atoms with van der Waals surface area (Å²) in [5.74, 6) is -1.12. The van der Waals surface area contributed by atoms with Gasteiger partial charge in [0.25, 0.3) is 5.91 Å². The summed E-state index contributed by atoms with van der Waals surface area (Å²) in [6.07, 6.45) is 1.24. The summed E-state index contributed by atoms with van der Waals surface area (Å²) in [6, 6.07) is 29.2. The summed E-state index contributed by atoms with van der Waals surface area (Å²) in [6.45, 7) is 0.611. The molecule has 5 aromatic rings. The van der Waals surface area contributed by atoms with Crippen molar-refractivity contribution in [2.24, 2.45) is 7.05 Å². The standard InChI is InChI=1S/C36H36N4O4/c1-38-23-29(28-14-8-9-15-31(28)38)35(43)40-19-18-32(41)33(40)34(42)37-30(36(44)39(2)22-24-10-4-3-5-11-24)21-25-16-17-26-12-6-7-13-27(26)20-25/h3-17,20,23,30,32-33,41H,18-19,21-22H2,1-2H3,(H,37,42)/t30-,32-,33-/m0/s1. The zero-order chi connectivity index (χ0) is 30.8. The summed E-state index contributed by atoms with van der Waals surface area (Å²) >= 11 is 0. The Morgan fingerprint density at radius 1 is 0.909 bits per heavy atom. The minimum Gasteiger partial charge on any atom is -0.390 e. The maximum absolute atomic E-state index is 13.9. The van der Waals surface area contributed by atoms with E-state index in [2.05, 4.69) is 5.32 Å². The Labute approximate surface area is 256 Å². The molecule has 2 N–H and O–H groups in total. The van der Waals surface area contributed by atoms with Crippen molar-refractivity contribution in [3.63, 3.8) is 0 Å². The van der Waals surface area contributed by atoms with Crippen LogP contribution in [0.25, 0.3) is 21.7 Å². The van der Waals surface area contributed by atoms with Gasteiger partial charge in [-0.2, -0.15) is 0 Å². The highest BCUT2D eigenvalue weighted by molar-refractivity contribution is 6.08. The average Bonchev–Trinajstić information content (AvgIpc) is 3.60. The third-order valence-corrected chi connectivity index (χ3v) is 8.53. The van der Waals surface area contributed by atoms with E-state index < -0.39 is 24.1 Å². The highest BCUT2D eigenvalue weighted by Gasteiger charge is 2.43. The van der Waals surface area contributed by atoms with Gasteiger partial charge in [0.1, 0.15) is 12.1 Å². The highest BCUT2D eigenvalue weighted by Crippen LogP contribution is 2.27. The molecule has 3 atom stereocenters. The number of nitrogens with one attached hydrogen (secondary N) is 1. The lowest BCUT2D eigenvalue weighted by Crippen LogP contribution is -2.56. The van der Waals surface area contributed by atoms with E-state index >= 15 is 0 Å². The molecule has 1 aromatic heterocycles. The second-order valence-corrected chi connectivity index (χ2v) is 11.6. The minimum absolute atomic E-state index is 0.235. The molecular formula is C36H36N4O4. The number of para-hydroxylation sites is 1. The van der Waals surface area contributed by atoms with Crippen LogP contribution in [0, 0.1) is 0 Å². The van der Waals surface area contributed by atoms with Crippen LogP contribution in [0.4, 0.5) is 0 Å². The number of rotatable bonds is 8. The molecule has 0 saturated carbocycles. The first-order valence-corrected chi connectivity index (χ1v) is 14.9. The predicted molar refractivity (Wildman–Crippen MR) is 171 cm³/mol. The van der Waals surface area contributed by atoms with Gasteiger partial charge in [0.05, 0.1) is 11.7 Å². The number of benzene rings is 4. The van der Waals surface area contributed by atoms with Crippen molar-refractivity contribution >= 4 is 39.4 Å². The number of carbonyl (C=O) groups is 3. The van der Waals surface area contributed by atoms with E-state index in [0.29, 0.717) is 12.1 Å². The number of nitrogens with zero attached hydrogens (tertiary/aromatic N) is 3. The lowest BCUT2D eigenvalue weighted by atomic mass is 10.00. The Morgan fingerprint density at radius 2 is 1.61 bits per heavy atom. The second-order valence-electron chi connectivity index (χ2n) is 11.6. The number of fused-ring (bicyclic) bond motifs is 2. The first kappa shape index (κ1) is 29.1. The third kappa shape index (κ3) is 5.81. The minimum atomic E-state index is -1.12. The molecule has 6 rings (SSSR count). The quantitative estimate of drug-likeness (QED) is 0.283. The fourth-order valence-corrected chi connectivity index (χ4v) is 6.25. The SMILES string of the molecule is CN(Cc1ccccc1)C(=O)[C@H](Cc1ccc2ccccc2c1)NC(=O)[C@@H]1[C@@H](O)CCN1C(=O)c1cn(C)c2ccccc12. The Kier molecular flexibility index (Phi) is 8.17. The van der Waals surface area contributed by atoms with Crippen LogP contribution in [-0.2, 0) is 29.6 Å². The molecule has 8 heteroatoms. The largest absolute Gasteiger partial charge is 0.390 e. The number of likely N-dealkylation sites (tertiary alicyclic amines) is 1. The molecule has 3 amide bonds. The van der Waals surface area contributed by atoms with Crippen LogP contribution in [0.1, 0.15) is 27.9 Å². The van der Waals surface area contributed by atoms with Crippen molar-refractivity contribution in [1.29, 1.82) is 0 Å². The zero-order valence-electron chi connectivity index (χ0n) is 24.9. The van der Waals surface area contributed by atoms with Gasteiger partial charge in [-0.25, -0.2) is 0 Å². The van der Waals surface area contributed by atoms with Gasteiger partial charge in [-0.05, 0) is 34.4 Å². The van der Waals surface area contributed by atoms with E-state index in [0.717, 1.165) is 32.8 Å². The van der Waals surface area contributed by atoms with E-state index in [9.17, 15) is 19.5 Å². The molecule has 1 aliphatic rings. The third-order valence-electron chi connectivity index (χ3n) is 8.53. The number of aromatic nitrogens is 1. The van der Waals surface area contributed by atoms with Gasteiger partial charge >= 0.3 is 0 Å². The number of aryl methyl sites for hydroxylation is 1. The van der Waals surface area contributed by atoms with Gasteiger partial charge in [0.15, 0.2) is 0 Å². The Balaban J connectivity index is 1.27. The predicted octanol–water partition coefficient (Wildman–Crippen LogP) is 4.29. The highest BCUT2D eigenvalue weighted by atomic mass is 16.3. The molecule has 224 valence electrons. The maximum atomic E-state index is 13.9. The van der Waals surface area contributed by atoms with Crippen LogP contribution < -0.4 is 5.32 Å². The number of aliphatic hydroxyl groups excluding tert-OH is 1. The van der Waals surface area contributed by atoms with Crippen LogP contribution in [-0.4, -0.2) is 69.0 Å². The molecule has 4 aromatic carbocycles. The Morgan fingerprint density at radius 3 is 2.41 bits per heavy atom. The number of likely N-dealkylation sites (N-methyl/N-ethyl adjacent to an activating group) is 1. The van der Waals surface area contributed by atoms with Gasteiger partial charge in [-0.15, -0.1) is 0 Å². The smallest absolute Gasteiger partial charge is 0.256 e. The number of carbonyl (C=O) groups excluding carboxylic acids is 3. The van der Waals surface area contributed by atoms with Crippen LogP contribution in [0.2, 0.25) is 0 Å². The Bertz CT molecular complexity index is 1830. The van der Waals surface area contributed by atoms with Crippen LogP contribution in [0.5, 0.6) is 0 Å². The van der Waals surface area contributed by atoms with Crippen LogP contribution >= 0.6 is 0 Å². The van der Waals surface area contributed by atoms with Crippen molar-refractivity contribution in [2.75, 3.05) is 13.6 Å². The van der Waals surface area contributed by atoms with Gasteiger partial charge in [-0.1, -0.05) is 91.0 Å². The number of aliphatic hydroxyl groups is 1. The molecule has 0 unspecified atom stereocenters. The number of hydrogen-bond acceptors (Lipinski definition) is 4. The monoisotopic (exact) mass is 588 g/mol. The molecule has 2 heterocycles. The van der Waals surface area contributed by atoms with Crippen molar-refractivity contribution < 1.29 is 19.5 Å². The second kappa shape index (κ2) is 12.3. The van der Waals surface area contributed by atoms with Crippen molar-refractivity contribution in [1.82, 2.24) is 19.7 Å². The fraction of sp³-hybridized carbons (Fsp3) is 0.250. The van der Waals surface area contributed by atoms with Crippen molar-refractivity contribution in [3.8, 4) is 0 Å². The molecule has 0 spiro atoms. The molecular weight excluding hydrogens is 552 g/mol. The summed E-state index contributed by atoms with van der Waals surface area (Å²) in [5.41, 5.74) is 3.24. The zero-order valence-corrected chi connectivity index (χ0v) is 24.9. The van der Waals surface area contributed by atoms with Gasteiger partial charge < -0.3 is 24.8 Å². The summed E-state index contributed by atoms with van der Waals surface area (Å²) < 4.78 is 1.88. The average molecular weight is 589 g/mol. The molecule has 8 nitrogen and oxygen atoms in total. The topological polar surface area (TPSA) is 94.9 Å². The van der Waals surface area contributed by atoms with E-state index in [1.165, 1.54) is 4.90 Å². The summed E-state index contributed by atoms with van der Waals surface area (Å²) in [7, 11) is 3.59. The molecule has 1 aliphatic heterocycles. The van der Waals surface area contributed by atoms with Gasteiger partial charge in [-0.3, -0.25) is 14.4 Å². The lowest BCUT2D eigenvalue weighted by molar-refractivity contribution is -0.137. The first-order valence-electron chi connectivity index (χ1n) is 14.9. The summed E-state index contributed by atoms with van der Waals surface area (Å²) in [4.78, 5) is 44.7. The van der Waals surface area contributed by atoms with E-state index in [-0.39, 0.29) is 31.2 Å². The van der Waals surface area contributed by atoms with Crippen LogP contribution in [0.3, 0.4) is 0 Å². The van der Waals surface area contributed by atoms with Gasteiger partial charge in [0, 0.05) is 50.7 Å².